The first kappa shape index (κ1) is 11.8. The van der Waals surface area contributed by atoms with Gasteiger partial charge in [-0.05, 0) is 18.1 Å². The molecule has 1 N–H and O–H groups in total. The molecule has 0 radical (unpaired) electrons. The molecule has 1 heterocycles. The van der Waals surface area contributed by atoms with E-state index in [4.69, 9.17) is 16.3 Å². The van der Waals surface area contributed by atoms with Gasteiger partial charge in [0.1, 0.15) is 5.82 Å². The summed E-state index contributed by atoms with van der Waals surface area (Å²) in [6.45, 7) is 1.27. The molecular weight excluding hydrogens is 231 g/mol. The van der Waals surface area contributed by atoms with Gasteiger partial charge >= 0.3 is 0 Å². The summed E-state index contributed by atoms with van der Waals surface area (Å²) in [6, 6.07) is 4.66. The number of aliphatic hydroxyl groups excluding tert-OH is 1. The smallest absolute Gasteiger partial charge is 0.142 e. The van der Waals surface area contributed by atoms with E-state index in [9.17, 15) is 9.50 Å². The van der Waals surface area contributed by atoms with E-state index in [1.807, 2.05) is 0 Å². The van der Waals surface area contributed by atoms with Crippen LogP contribution in [0, 0.1) is 11.7 Å². The Labute approximate surface area is 99.0 Å². The Morgan fingerprint density at radius 1 is 1.56 bits per heavy atom. The lowest BCUT2D eigenvalue weighted by atomic mass is 9.95. The number of benzene rings is 1. The monoisotopic (exact) mass is 244 g/mol. The summed E-state index contributed by atoms with van der Waals surface area (Å²) in [7, 11) is 0. The summed E-state index contributed by atoms with van der Waals surface area (Å²) >= 11 is 5.83. The highest BCUT2D eigenvalue weighted by atomic mass is 35.5. The molecule has 16 heavy (non-hydrogen) atoms. The Morgan fingerprint density at radius 3 is 3.06 bits per heavy atom. The Kier molecular flexibility index (Phi) is 3.79. The van der Waals surface area contributed by atoms with Crippen LogP contribution in [0.15, 0.2) is 18.2 Å². The maximum atomic E-state index is 13.2. The van der Waals surface area contributed by atoms with E-state index in [0.717, 1.165) is 6.42 Å². The van der Waals surface area contributed by atoms with E-state index in [0.29, 0.717) is 25.2 Å². The van der Waals surface area contributed by atoms with Gasteiger partial charge in [-0.2, -0.15) is 0 Å². The molecule has 2 nitrogen and oxygen atoms in total. The van der Waals surface area contributed by atoms with Crippen molar-refractivity contribution in [2.45, 2.75) is 18.9 Å². The third-order valence-electron chi connectivity index (χ3n) is 2.97. The Bertz CT molecular complexity index is 364. The highest BCUT2D eigenvalue weighted by molar-refractivity contribution is 6.31. The van der Waals surface area contributed by atoms with Crippen LogP contribution in [-0.2, 0) is 11.2 Å². The first-order chi connectivity index (χ1) is 7.68. The second kappa shape index (κ2) is 5.13. The highest BCUT2D eigenvalue weighted by Gasteiger charge is 2.24. The minimum atomic E-state index is -0.512. The zero-order valence-corrected chi connectivity index (χ0v) is 9.58. The van der Waals surface area contributed by atoms with E-state index in [2.05, 4.69) is 0 Å². The highest BCUT2D eigenvalue weighted by Crippen LogP contribution is 2.25. The third kappa shape index (κ3) is 2.54. The van der Waals surface area contributed by atoms with Crippen LogP contribution < -0.4 is 0 Å². The van der Waals surface area contributed by atoms with Gasteiger partial charge in [-0.1, -0.05) is 23.7 Å². The van der Waals surface area contributed by atoms with Gasteiger partial charge in [0.05, 0.1) is 17.7 Å². The van der Waals surface area contributed by atoms with Crippen LogP contribution in [0.2, 0.25) is 5.02 Å². The first-order valence-electron chi connectivity index (χ1n) is 5.37. The van der Waals surface area contributed by atoms with E-state index in [1.165, 1.54) is 6.07 Å². The number of hydrogen-bond acceptors (Lipinski definition) is 2. The van der Waals surface area contributed by atoms with Gasteiger partial charge in [0.2, 0.25) is 0 Å². The fraction of sp³-hybridized carbons (Fsp3) is 0.500. The standard InChI is InChI=1S/C12H14ClFO2/c13-12-8(2-1-3-10(12)14)6-11(15)9-4-5-16-7-9/h1-3,9,11,15H,4-7H2. The summed E-state index contributed by atoms with van der Waals surface area (Å²) in [6.07, 6.45) is 0.723. The van der Waals surface area contributed by atoms with Gasteiger partial charge in [0.15, 0.2) is 0 Å². The molecule has 0 spiro atoms. The second-order valence-corrected chi connectivity index (χ2v) is 4.49. The first-order valence-corrected chi connectivity index (χ1v) is 5.75. The van der Waals surface area contributed by atoms with Crippen LogP contribution in [0.1, 0.15) is 12.0 Å². The lowest BCUT2D eigenvalue weighted by molar-refractivity contribution is 0.0918. The van der Waals surface area contributed by atoms with Gasteiger partial charge in [0, 0.05) is 18.9 Å². The van der Waals surface area contributed by atoms with Gasteiger partial charge < -0.3 is 9.84 Å². The average molecular weight is 245 g/mol. The fourth-order valence-electron chi connectivity index (χ4n) is 1.95. The van der Waals surface area contributed by atoms with Crippen molar-refractivity contribution in [1.29, 1.82) is 0 Å². The molecule has 1 fully saturated rings. The predicted molar refractivity (Wildman–Crippen MR) is 60.0 cm³/mol. The van der Waals surface area contributed by atoms with Crippen molar-refractivity contribution >= 4 is 11.6 Å². The molecule has 0 aliphatic carbocycles. The number of halogens is 2. The zero-order chi connectivity index (χ0) is 11.5. The second-order valence-electron chi connectivity index (χ2n) is 4.11. The van der Waals surface area contributed by atoms with E-state index >= 15 is 0 Å². The molecule has 2 rings (SSSR count). The lowest BCUT2D eigenvalue weighted by Crippen LogP contribution is -2.23. The number of rotatable bonds is 3. The summed E-state index contributed by atoms with van der Waals surface area (Å²) < 4.78 is 18.4. The van der Waals surface area contributed by atoms with Gasteiger partial charge in [0.25, 0.3) is 0 Å². The number of aliphatic hydroxyl groups is 1. The number of hydrogen-bond donors (Lipinski definition) is 1. The van der Waals surface area contributed by atoms with Gasteiger partial charge in [-0.25, -0.2) is 4.39 Å². The molecule has 1 aliphatic heterocycles. The summed E-state index contributed by atoms with van der Waals surface area (Å²) in [5.74, 6) is -0.298. The largest absolute Gasteiger partial charge is 0.392 e. The predicted octanol–water partition coefficient (Wildman–Crippen LogP) is 2.42. The van der Waals surface area contributed by atoms with E-state index in [-0.39, 0.29) is 10.9 Å². The molecule has 0 bridgehead atoms. The Hall–Kier alpha value is -0.640. The van der Waals surface area contributed by atoms with Crippen molar-refractivity contribution < 1.29 is 14.2 Å². The van der Waals surface area contributed by atoms with Crippen molar-refractivity contribution in [3.63, 3.8) is 0 Å². The third-order valence-corrected chi connectivity index (χ3v) is 3.39. The van der Waals surface area contributed by atoms with Crippen LogP contribution in [0.4, 0.5) is 4.39 Å². The van der Waals surface area contributed by atoms with E-state index < -0.39 is 11.9 Å². The summed E-state index contributed by atoms with van der Waals surface area (Å²) in [5, 5.41) is 10.1. The Morgan fingerprint density at radius 2 is 2.38 bits per heavy atom. The molecule has 1 aromatic rings. The van der Waals surface area contributed by atoms with Gasteiger partial charge in [-0.15, -0.1) is 0 Å². The van der Waals surface area contributed by atoms with Crippen molar-refractivity contribution in [2.75, 3.05) is 13.2 Å². The van der Waals surface area contributed by atoms with Crippen LogP contribution in [0.3, 0.4) is 0 Å². The Balaban J connectivity index is 2.05. The molecule has 1 aliphatic rings. The van der Waals surface area contributed by atoms with Gasteiger partial charge in [-0.3, -0.25) is 0 Å². The summed E-state index contributed by atoms with van der Waals surface area (Å²) in [4.78, 5) is 0. The minimum absolute atomic E-state index is 0.112. The van der Waals surface area contributed by atoms with Crippen LogP contribution in [-0.4, -0.2) is 24.4 Å². The molecule has 0 amide bonds. The molecule has 0 aromatic heterocycles. The van der Waals surface area contributed by atoms with Crippen molar-refractivity contribution in [3.05, 3.63) is 34.6 Å². The molecule has 1 aromatic carbocycles. The fourth-order valence-corrected chi connectivity index (χ4v) is 2.16. The maximum Gasteiger partial charge on any atom is 0.142 e. The molecular formula is C12H14ClFO2. The van der Waals surface area contributed by atoms with E-state index in [1.54, 1.807) is 12.1 Å². The van der Waals surface area contributed by atoms with Crippen molar-refractivity contribution in [1.82, 2.24) is 0 Å². The molecule has 1 saturated heterocycles. The van der Waals surface area contributed by atoms with Crippen LogP contribution in [0.25, 0.3) is 0 Å². The molecule has 2 atom stereocenters. The minimum Gasteiger partial charge on any atom is -0.392 e. The molecule has 2 unspecified atom stereocenters. The van der Waals surface area contributed by atoms with Crippen LogP contribution in [0.5, 0.6) is 0 Å². The molecule has 4 heteroatoms. The lowest BCUT2D eigenvalue weighted by Gasteiger charge is -2.17. The van der Waals surface area contributed by atoms with Crippen molar-refractivity contribution in [3.8, 4) is 0 Å². The maximum absolute atomic E-state index is 13.2. The average Bonchev–Trinajstić information content (AvgIpc) is 2.78. The summed E-state index contributed by atoms with van der Waals surface area (Å²) in [5.41, 5.74) is 0.654. The SMILES string of the molecule is OC(Cc1cccc(F)c1Cl)C1CCOC1. The topological polar surface area (TPSA) is 29.5 Å². The zero-order valence-electron chi connectivity index (χ0n) is 8.83. The molecule has 88 valence electrons. The quantitative estimate of drug-likeness (QED) is 0.885. The van der Waals surface area contributed by atoms with Crippen molar-refractivity contribution in [2.24, 2.45) is 5.92 Å². The molecule has 0 saturated carbocycles. The number of ether oxygens (including phenoxy) is 1. The van der Waals surface area contributed by atoms with Crippen LogP contribution >= 0.6 is 11.6 Å². The normalized spacial score (nSPS) is 22.3.